The standard InChI is InChI=1S/C22H23BrN4O3/c1-29-19-9-7-15(8-10-19)21-25-20(30-26-21)14-27-11-3-4-16(13-27)22(28)24-18-6-2-5-17(23)12-18/h2,5-10,12,16H,3-4,11,13-14H2,1H3,(H,24,28). The number of halogens is 1. The largest absolute Gasteiger partial charge is 0.497 e. The zero-order chi connectivity index (χ0) is 20.9. The number of hydrogen-bond donors (Lipinski definition) is 1. The van der Waals surface area contributed by atoms with Gasteiger partial charge in [-0.25, -0.2) is 0 Å². The van der Waals surface area contributed by atoms with Crippen molar-refractivity contribution < 1.29 is 14.1 Å². The lowest BCUT2D eigenvalue weighted by Crippen LogP contribution is -2.40. The number of anilines is 1. The van der Waals surface area contributed by atoms with Gasteiger partial charge in [0, 0.05) is 22.3 Å². The predicted octanol–water partition coefficient (Wildman–Crippen LogP) is 4.36. The summed E-state index contributed by atoms with van der Waals surface area (Å²) in [5.41, 5.74) is 1.67. The van der Waals surface area contributed by atoms with Crippen molar-refractivity contribution in [2.75, 3.05) is 25.5 Å². The minimum Gasteiger partial charge on any atom is -0.497 e. The third-order valence-corrected chi connectivity index (χ3v) is 5.64. The lowest BCUT2D eigenvalue weighted by molar-refractivity contribution is -0.121. The highest BCUT2D eigenvalue weighted by atomic mass is 79.9. The van der Waals surface area contributed by atoms with Crippen molar-refractivity contribution in [1.29, 1.82) is 0 Å². The third kappa shape index (κ3) is 5.06. The van der Waals surface area contributed by atoms with Gasteiger partial charge in [-0.1, -0.05) is 27.2 Å². The van der Waals surface area contributed by atoms with E-state index in [0.717, 1.165) is 40.9 Å². The third-order valence-electron chi connectivity index (χ3n) is 5.14. The molecule has 1 N–H and O–H groups in total. The van der Waals surface area contributed by atoms with Gasteiger partial charge in [0.2, 0.25) is 17.6 Å². The summed E-state index contributed by atoms with van der Waals surface area (Å²) in [5.74, 6) is 1.86. The SMILES string of the molecule is COc1ccc(-c2noc(CN3CCCC(C(=O)Nc4cccc(Br)c4)C3)n2)cc1. The number of amides is 1. The maximum Gasteiger partial charge on any atom is 0.241 e. The Morgan fingerprint density at radius 1 is 1.30 bits per heavy atom. The Balaban J connectivity index is 1.36. The van der Waals surface area contributed by atoms with Gasteiger partial charge in [0.05, 0.1) is 19.6 Å². The summed E-state index contributed by atoms with van der Waals surface area (Å²) in [6.07, 6.45) is 1.83. The topological polar surface area (TPSA) is 80.5 Å². The Morgan fingerprint density at radius 2 is 2.13 bits per heavy atom. The molecule has 7 nitrogen and oxygen atoms in total. The number of carbonyl (C=O) groups is 1. The monoisotopic (exact) mass is 470 g/mol. The molecule has 30 heavy (non-hydrogen) atoms. The first kappa shape index (κ1) is 20.6. The van der Waals surface area contributed by atoms with Crippen molar-refractivity contribution in [1.82, 2.24) is 15.0 Å². The van der Waals surface area contributed by atoms with Gasteiger partial charge < -0.3 is 14.6 Å². The molecule has 4 rings (SSSR count). The van der Waals surface area contributed by atoms with E-state index in [2.05, 4.69) is 36.3 Å². The number of nitrogens with zero attached hydrogens (tertiary/aromatic N) is 3. The molecule has 1 aliphatic rings. The quantitative estimate of drug-likeness (QED) is 0.576. The first-order valence-corrected chi connectivity index (χ1v) is 10.7. The van der Waals surface area contributed by atoms with E-state index in [-0.39, 0.29) is 11.8 Å². The molecule has 2 heterocycles. The van der Waals surface area contributed by atoms with Crippen molar-refractivity contribution in [2.24, 2.45) is 5.92 Å². The van der Waals surface area contributed by atoms with Crippen molar-refractivity contribution in [3.63, 3.8) is 0 Å². The van der Waals surface area contributed by atoms with Crippen LogP contribution in [0.15, 0.2) is 57.5 Å². The molecule has 0 bridgehead atoms. The number of carbonyl (C=O) groups excluding carboxylic acids is 1. The first-order chi connectivity index (χ1) is 14.6. The molecule has 0 radical (unpaired) electrons. The molecule has 0 saturated carbocycles. The van der Waals surface area contributed by atoms with Crippen LogP contribution in [0.5, 0.6) is 5.75 Å². The maximum atomic E-state index is 12.7. The zero-order valence-electron chi connectivity index (χ0n) is 16.7. The van der Waals surface area contributed by atoms with Crippen LogP contribution in [0.4, 0.5) is 5.69 Å². The number of rotatable bonds is 6. The molecule has 1 fully saturated rings. The zero-order valence-corrected chi connectivity index (χ0v) is 18.3. The van der Waals surface area contributed by atoms with E-state index in [9.17, 15) is 4.79 Å². The second kappa shape index (κ2) is 9.40. The van der Waals surface area contributed by atoms with Crippen LogP contribution in [0.3, 0.4) is 0 Å². The van der Waals surface area contributed by atoms with Crippen LogP contribution in [0.25, 0.3) is 11.4 Å². The Bertz CT molecular complexity index is 1010. The van der Waals surface area contributed by atoms with Gasteiger partial charge in [0.15, 0.2) is 0 Å². The average molecular weight is 471 g/mol. The number of likely N-dealkylation sites (tertiary alicyclic amines) is 1. The van der Waals surface area contributed by atoms with E-state index in [0.29, 0.717) is 24.8 Å². The number of ether oxygens (including phenoxy) is 1. The van der Waals surface area contributed by atoms with Crippen LogP contribution in [-0.2, 0) is 11.3 Å². The van der Waals surface area contributed by atoms with Gasteiger partial charge in [0.25, 0.3) is 0 Å². The van der Waals surface area contributed by atoms with Gasteiger partial charge in [-0.15, -0.1) is 0 Å². The number of methoxy groups -OCH3 is 1. The molecule has 1 atom stereocenters. The maximum absolute atomic E-state index is 12.7. The second-order valence-corrected chi connectivity index (χ2v) is 8.23. The van der Waals surface area contributed by atoms with E-state index in [1.54, 1.807) is 7.11 Å². The molecule has 1 aliphatic heterocycles. The van der Waals surface area contributed by atoms with E-state index in [4.69, 9.17) is 9.26 Å². The molecule has 2 aromatic carbocycles. The normalized spacial score (nSPS) is 16.9. The summed E-state index contributed by atoms with van der Waals surface area (Å²) in [4.78, 5) is 19.4. The molecular weight excluding hydrogens is 448 g/mol. The lowest BCUT2D eigenvalue weighted by Gasteiger charge is -2.30. The molecule has 3 aromatic rings. The Kier molecular flexibility index (Phi) is 6.44. The highest BCUT2D eigenvalue weighted by Crippen LogP contribution is 2.23. The molecular formula is C22H23BrN4O3. The van der Waals surface area contributed by atoms with Crippen LogP contribution in [0.2, 0.25) is 0 Å². The highest BCUT2D eigenvalue weighted by Gasteiger charge is 2.27. The molecule has 0 spiro atoms. The van der Waals surface area contributed by atoms with Crippen LogP contribution in [-0.4, -0.2) is 41.1 Å². The number of benzene rings is 2. The van der Waals surface area contributed by atoms with Crippen LogP contribution >= 0.6 is 15.9 Å². The average Bonchev–Trinajstić information content (AvgIpc) is 3.22. The van der Waals surface area contributed by atoms with E-state index < -0.39 is 0 Å². The minimum atomic E-state index is -0.0679. The number of hydrogen-bond acceptors (Lipinski definition) is 6. The number of nitrogens with one attached hydrogen (secondary N) is 1. The van der Waals surface area contributed by atoms with E-state index in [1.165, 1.54) is 0 Å². The summed E-state index contributed by atoms with van der Waals surface area (Å²) in [5, 5.41) is 7.10. The predicted molar refractivity (Wildman–Crippen MR) is 117 cm³/mol. The second-order valence-electron chi connectivity index (χ2n) is 7.31. The summed E-state index contributed by atoms with van der Waals surface area (Å²) in [6.45, 7) is 2.10. The molecule has 1 aromatic heterocycles. The summed E-state index contributed by atoms with van der Waals surface area (Å²) >= 11 is 3.43. The fourth-order valence-electron chi connectivity index (χ4n) is 3.59. The lowest BCUT2D eigenvalue weighted by atomic mass is 9.97. The summed E-state index contributed by atoms with van der Waals surface area (Å²) in [6, 6.07) is 15.2. The Labute approximate surface area is 183 Å². The summed E-state index contributed by atoms with van der Waals surface area (Å²) < 4.78 is 11.6. The van der Waals surface area contributed by atoms with Gasteiger partial charge in [0.1, 0.15) is 5.75 Å². The van der Waals surface area contributed by atoms with Crippen LogP contribution in [0, 0.1) is 5.92 Å². The molecule has 1 unspecified atom stereocenters. The van der Waals surface area contributed by atoms with E-state index >= 15 is 0 Å². The Morgan fingerprint density at radius 3 is 2.90 bits per heavy atom. The van der Waals surface area contributed by atoms with Crippen LogP contribution < -0.4 is 10.1 Å². The van der Waals surface area contributed by atoms with Crippen LogP contribution in [0.1, 0.15) is 18.7 Å². The van der Waals surface area contributed by atoms with Gasteiger partial charge >= 0.3 is 0 Å². The minimum absolute atomic E-state index is 0.0438. The highest BCUT2D eigenvalue weighted by molar-refractivity contribution is 9.10. The molecule has 1 amide bonds. The summed E-state index contributed by atoms with van der Waals surface area (Å²) in [7, 11) is 1.63. The van der Waals surface area contributed by atoms with Gasteiger partial charge in [-0.2, -0.15) is 4.98 Å². The van der Waals surface area contributed by atoms with Crippen molar-refractivity contribution in [3.05, 3.63) is 58.9 Å². The number of piperidine rings is 1. The van der Waals surface area contributed by atoms with Crippen molar-refractivity contribution in [3.8, 4) is 17.1 Å². The van der Waals surface area contributed by atoms with Crippen molar-refractivity contribution >= 4 is 27.5 Å². The molecule has 1 saturated heterocycles. The smallest absolute Gasteiger partial charge is 0.241 e. The molecule has 156 valence electrons. The van der Waals surface area contributed by atoms with Crippen molar-refractivity contribution in [2.45, 2.75) is 19.4 Å². The van der Waals surface area contributed by atoms with E-state index in [1.807, 2.05) is 48.5 Å². The van der Waals surface area contributed by atoms with Gasteiger partial charge in [-0.05, 0) is 61.9 Å². The van der Waals surface area contributed by atoms with Gasteiger partial charge in [-0.3, -0.25) is 9.69 Å². The number of aromatic nitrogens is 2. The molecule has 0 aliphatic carbocycles. The fourth-order valence-corrected chi connectivity index (χ4v) is 3.99. The Hall–Kier alpha value is -2.71. The fraction of sp³-hybridized carbons (Fsp3) is 0.318. The molecule has 8 heteroatoms. The first-order valence-electron chi connectivity index (χ1n) is 9.86.